The molecule has 0 bridgehead atoms. The minimum atomic E-state index is -0.117. The Bertz CT molecular complexity index is 847. The molecule has 1 saturated heterocycles. The summed E-state index contributed by atoms with van der Waals surface area (Å²) in [5.74, 6) is 1.13. The van der Waals surface area contributed by atoms with E-state index in [0.29, 0.717) is 56.1 Å². The van der Waals surface area contributed by atoms with Gasteiger partial charge in [0.25, 0.3) is 5.91 Å². The summed E-state index contributed by atoms with van der Waals surface area (Å²) in [6, 6.07) is 13.9. The smallest absolute Gasteiger partial charge is 0.257 e. The Labute approximate surface area is 170 Å². The number of benzene rings is 2. The van der Waals surface area contributed by atoms with Crippen LogP contribution in [0.2, 0.25) is 0 Å². The molecule has 7 heteroatoms. The topological polar surface area (TPSA) is 88.1 Å². The molecule has 0 spiro atoms. The Morgan fingerprint density at radius 2 is 1.90 bits per heavy atom. The number of likely N-dealkylation sites (tertiary alicyclic amines) is 1. The highest BCUT2D eigenvalue weighted by molar-refractivity contribution is 5.97. The second kappa shape index (κ2) is 9.82. The van der Waals surface area contributed by atoms with E-state index in [4.69, 9.17) is 9.47 Å². The van der Waals surface area contributed by atoms with Gasteiger partial charge in [-0.25, -0.2) is 0 Å². The fourth-order valence-electron chi connectivity index (χ4n) is 3.25. The lowest BCUT2D eigenvalue weighted by Crippen LogP contribution is -2.42. The largest absolute Gasteiger partial charge is 0.508 e. The third-order valence-corrected chi connectivity index (χ3v) is 4.70. The molecule has 3 rings (SSSR count). The normalized spacial score (nSPS) is 14.3. The van der Waals surface area contributed by atoms with Crippen LogP contribution < -0.4 is 14.8 Å². The van der Waals surface area contributed by atoms with Crippen LogP contribution in [0.5, 0.6) is 17.2 Å². The Morgan fingerprint density at radius 3 is 2.62 bits per heavy atom. The summed E-state index contributed by atoms with van der Waals surface area (Å²) in [7, 11) is 0. The molecule has 1 fully saturated rings. The zero-order valence-corrected chi connectivity index (χ0v) is 16.5. The maximum absolute atomic E-state index is 13.0. The number of hydrogen-bond acceptors (Lipinski definition) is 5. The van der Waals surface area contributed by atoms with E-state index in [-0.39, 0.29) is 23.7 Å². The van der Waals surface area contributed by atoms with E-state index in [1.165, 1.54) is 6.92 Å². The quantitative estimate of drug-likeness (QED) is 0.700. The van der Waals surface area contributed by atoms with Crippen molar-refractivity contribution >= 4 is 11.8 Å². The molecule has 0 radical (unpaired) electrons. The first-order valence-electron chi connectivity index (χ1n) is 9.74. The number of phenols is 1. The number of carbonyl (C=O) groups excluding carboxylic acids is 2. The molecule has 2 aromatic rings. The first kappa shape index (κ1) is 20.5. The van der Waals surface area contributed by atoms with Gasteiger partial charge in [-0.2, -0.15) is 0 Å². The molecule has 1 heterocycles. The maximum atomic E-state index is 13.0. The molecule has 2 amide bonds. The molecular weight excluding hydrogens is 372 g/mol. The number of para-hydroxylation sites is 1. The molecule has 0 saturated carbocycles. The summed E-state index contributed by atoms with van der Waals surface area (Å²) in [4.78, 5) is 25.7. The predicted octanol–water partition coefficient (Wildman–Crippen LogP) is 2.59. The number of nitrogens with one attached hydrogen (secondary N) is 1. The molecular formula is C22H26N2O5. The van der Waals surface area contributed by atoms with Crippen molar-refractivity contribution in [3.8, 4) is 17.2 Å². The maximum Gasteiger partial charge on any atom is 0.257 e. The first-order valence-corrected chi connectivity index (χ1v) is 9.74. The Morgan fingerprint density at radius 1 is 1.14 bits per heavy atom. The summed E-state index contributed by atoms with van der Waals surface area (Å²) >= 11 is 0. The van der Waals surface area contributed by atoms with E-state index in [2.05, 4.69) is 5.32 Å². The minimum Gasteiger partial charge on any atom is -0.508 e. The van der Waals surface area contributed by atoms with Crippen molar-refractivity contribution in [3.05, 3.63) is 54.1 Å². The number of amides is 2. The molecule has 7 nitrogen and oxygen atoms in total. The lowest BCUT2D eigenvalue weighted by Gasteiger charge is -2.32. The number of piperidine rings is 1. The lowest BCUT2D eigenvalue weighted by molar-refractivity contribution is -0.119. The van der Waals surface area contributed by atoms with Gasteiger partial charge in [-0.15, -0.1) is 0 Å². The van der Waals surface area contributed by atoms with Gasteiger partial charge in [0.2, 0.25) is 5.91 Å². The number of rotatable bonds is 7. The van der Waals surface area contributed by atoms with E-state index >= 15 is 0 Å². The van der Waals surface area contributed by atoms with Crippen LogP contribution in [0.3, 0.4) is 0 Å². The Kier molecular flexibility index (Phi) is 6.94. The van der Waals surface area contributed by atoms with Crippen molar-refractivity contribution in [2.45, 2.75) is 25.9 Å². The average molecular weight is 398 g/mol. The Balaban J connectivity index is 1.54. The van der Waals surface area contributed by atoms with Crippen molar-refractivity contribution in [1.29, 1.82) is 0 Å². The van der Waals surface area contributed by atoms with Gasteiger partial charge in [-0.3, -0.25) is 9.59 Å². The van der Waals surface area contributed by atoms with Gasteiger partial charge in [-0.1, -0.05) is 18.2 Å². The zero-order valence-electron chi connectivity index (χ0n) is 16.5. The third kappa shape index (κ3) is 5.88. The SMILES string of the molecule is CC(=O)NCCOc1ccccc1C(=O)N1CCC(Oc2cccc(O)c2)CC1. The van der Waals surface area contributed by atoms with Crippen LogP contribution in [0.25, 0.3) is 0 Å². The molecule has 0 atom stereocenters. The lowest BCUT2D eigenvalue weighted by atomic mass is 10.1. The van der Waals surface area contributed by atoms with Gasteiger partial charge >= 0.3 is 0 Å². The van der Waals surface area contributed by atoms with Crippen LogP contribution in [-0.4, -0.2) is 54.2 Å². The van der Waals surface area contributed by atoms with E-state index in [0.717, 1.165) is 0 Å². The fraction of sp³-hybridized carbons (Fsp3) is 0.364. The van der Waals surface area contributed by atoms with Crippen molar-refractivity contribution in [2.24, 2.45) is 0 Å². The van der Waals surface area contributed by atoms with Crippen molar-refractivity contribution in [3.63, 3.8) is 0 Å². The summed E-state index contributed by atoms with van der Waals surface area (Å²) in [6.45, 7) is 3.30. The predicted molar refractivity (Wildman–Crippen MR) is 108 cm³/mol. The first-order chi connectivity index (χ1) is 14.0. The van der Waals surface area contributed by atoms with Crippen molar-refractivity contribution in [2.75, 3.05) is 26.2 Å². The monoisotopic (exact) mass is 398 g/mol. The molecule has 0 aromatic heterocycles. The van der Waals surface area contributed by atoms with Gasteiger partial charge in [0.1, 0.15) is 30.0 Å². The van der Waals surface area contributed by atoms with Gasteiger partial charge in [0.15, 0.2) is 0 Å². The van der Waals surface area contributed by atoms with Crippen LogP contribution in [-0.2, 0) is 4.79 Å². The molecule has 154 valence electrons. The van der Waals surface area contributed by atoms with Gasteiger partial charge in [-0.05, 0) is 24.3 Å². The fourth-order valence-corrected chi connectivity index (χ4v) is 3.25. The van der Waals surface area contributed by atoms with E-state index in [1.54, 1.807) is 35.2 Å². The second-order valence-electron chi connectivity index (χ2n) is 6.93. The van der Waals surface area contributed by atoms with Crippen molar-refractivity contribution in [1.82, 2.24) is 10.2 Å². The number of aromatic hydroxyl groups is 1. The molecule has 2 aromatic carbocycles. The number of phenolic OH excluding ortho intramolecular Hbond substituents is 1. The summed E-state index contributed by atoms with van der Waals surface area (Å²) in [6.07, 6.45) is 1.44. The standard InChI is InChI=1S/C22H26N2O5/c1-16(25)23-11-14-28-21-8-3-2-7-20(21)22(27)24-12-9-18(10-13-24)29-19-6-4-5-17(26)15-19/h2-8,15,18,26H,9-14H2,1H3,(H,23,25). The minimum absolute atomic E-state index is 0.00463. The summed E-state index contributed by atoms with van der Waals surface area (Å²) < 4.78 is 11.6. The summed E-state index contributed by atoms with van der Waals surface area (Å²) in [5, 5.41) is 12.2. The highest BCUT2D eigenvalue weighted by Crippen LogP contribution is 2.25. The van der Waals surface area contributed by atoms with Gasteiger partial charge < -0.3 is 24.8 Å². The molecule has 1 aliphatic heterocycles. The summed E-state index contributed by atoms with van der Waals surface area (Å²) in [5.41, 5.74) is 0.516. The van der Waals surface area contributed by atoms with Crippen LogP contribution >= 0.6 is 0 Å². The number of hydrogen-bond donors (Lipinski definition) is 2. The third-order valence-electron chi connectivity index (χ3n) is 4.70. The highest BCUT2D eigenvalue weighted by atomic mass is 16.5. The molecule has 29 heavy (non-hydrogen) atoms. The van der Waals surface area contributed by atoms with Gasteiger partial charge in [0, 0.05) is 38.9 Å². The highest BCUT2D eigenvalue weighted by Gasteiger charge is 2.26. The molecule has 0 unspecified atom stereocenters. The second-order valence-corrected chi connectivity index (χ2v) is 6.93. The zero-order chi connectivity index (χ0) is 20.6. The Hall–Kier alpha value is -3.22. The van der Waals surface area contributed by atoms with Crippen LogP contribution in [0, 0.1) is 0 Å². The molecule has 2 N–H and O–H groups in total. The average Bonchev–Trinajstić information content (AvgIpc) is 2.71. The van der Waals surface area contributed by atoms with Crippen molar-refractivity contribution < 1.29 is 24.2 Å². The number of carbonyl (C=O) groups is 2. The molecule has 1 aliphatic rings. The number of ether oxygens (including phenoxy) is 2. The number of nitrogens with zero attached hydrogens (tertiary/aromatic N) is 1. The van der Waals surface area contributed by atoms with Gasteiger partial charge in [0.05, 0.1) is 12.1 Å². The van der Waals surface area contributed by atoms with E-state index in [1.807, 2.05) is 18.2 Å². The van der Waals surface area contributed by atoms with Crippen LogP contribution in [0.1, 0.15) is 30.1 Å². The molecule has 0 aliphatic carbocycles. The van der Waals surface area contributed by atoms with Crippen LogP contribution in [0.15, 0.2) is 48.5 Å². The van der Waals surface area contributed by atoms with Crippen LogP contribution in [0.4, 0.5) is 0 Å². The van der Waals surface area contributed by atoms with E-state index < -0.39 is 0 Å². The van der Waals surface area contributed by atoms with E-state index in [9.17, 15) is 14.7 Å².